The number of ether oxygens (including phenoxy) is 2. The van der Waals surface area contributed by atoms with Crippen LogP contribution < -0.4 is 9.47 Å². The molecule has 0 spiro atoms. The van der Waals surface area contributed by atoms with E-state index in [2.05, 4.69) is 18.8 Å². The summed E-state index contributed by atoms with van der Waals surface area (Å²) >= 11 is 0. The molecule has 1 fully saturated rings. The van der Waals surface area contributed by atoms with Gasteiger partial charge in [0.25, 0.3) is 5.91 Å². The molecule has 1 saturated heterocycles. The second kappa shape index (κ2) is 8.01. The van der Waals surface area contributed by atoms with E-state index in [1.165, 1.54) is 5.56 Å². The molecule has 0 unspecified atom stereocenters. The first-order valence-electron chi connectivity index (χ1n) is 8.69. The van der Waals surface area contributed by atoms with Crippen LogP contribution in [0.5, 0.6) is 11.5 Å². The van der Waals surface area contributed by atoms with Gasteiger partial charge in [-0.15, -0.1) is 0 Å². The van der Waals surface area contributed by atoms with Gasteiger partial charge in [0.1, 0.15) is 17.6 Å². The van der Waals surface area contributed by atoms with Crippen molar-refractivity contribution in [3.8, 4) is 11.5 Å². The Morgan fingerprint density at radius 3 is 2.56 bits per heavy atom. The molecule has 1 amide bonds. The van der Waals surface area contributed by atoms with E-state index in [1.54, 1.807) is 17.3 Å². The summed E-state index contributed by atoms with van der Waals surface area (Å²) in [5, 5.41) is 0. The fourth-order valence-electron chi connectivity index (χ4n) is 2.85. The summed E-state index contributed by atoms with van der Waals surface area (Å²) in [7, 11) is 0. The zero-order chi connectivity index (χ0) is 17.6. The van der Waals surface area contributed by atoms with Gasteiger partial charge in [0.15, 0.2) is 6.61 Å². The third-order valence-corrected chi connectivity index (χ3v) is 4.36. The van der Waals surface area contributed by atoms with Crippen molar-refractivity contribution in [1.29, 1.82) is 0 Å². The Kier molecular flexibility index (Phi) is 5.53. The molecule has 3 rings (SSSR count). The highest BCUT2D eigenvalue weighted by atomic mass is 16.5. The minimum atomic E-state index is -0.00577. The van der Waals surface area contributed by atoms with E-state index in [-0.39, 0.29) is 18.6 Å². The van der Waals surface area contributed by atoms with Gasteiger partial charge in [-0.25, -0.2) is 0 Å². The van der Waals surface area contributed by atoms with Gasteiger partial charge < -0.3 is 14.4 Å². The first-order chi connectivity index (χ1) is 12.1. The molecule has 25 heavy (non-hydrogen) atoms. The second-order valence-corrected chi connectivity index (χ2v) is 6.56. The van der Waals surface area contributed by atoms with Crippen LogP contribution in [-0.2, 0) is 4.79 Å². The molecular weight excluding hydrogens is 316 g/mol. The summed E-state index contributed by atoms with van der Waals surface area (Å²) in [5.74, 6) is 1.99. The maximum atomic E-state index is 12.3. The molecule has 1 aromatic carbocycles. The van der Waals surface area contributed by atoms with Crippen LogP contribution in [0.15, 0.2) is 48.8 Å². The van der Waals surface area contributed by atoms with Gasteiger partial charge in [0.05, 0.1) is 6.54 Å². The molecule has 2 heterocycles. The van der Waals surface area contributed by atoms with Crippen molar-refractivity contribution in [2.75, 3.05) is 19.7 Å². The molecule has 132 valence electrons. The highest BCUT2D eigenvalue weighted by molar-refractivity contribution is 5.78. The summed E-state index contributed by atoms with van der Waals surface area (Å²) in [4.78, 5) is 18.1. The zero-order valence-electron chi connectivity index (χ0n) is 14.7. The van der Waals surface area contributed by atoms with Crippen molar-refractivity contribution in [2.45, 2.75) is 32.3 Å². The Morgan fingerprint density at radius 1 is 1.16 bits per heavy atom. The van der Waals surface area contributed by atoms with Crippen molar-refractivity contribution >= 4 is 5.91 Å². The van der Waals surface area contributed by atoms with Gasteiger partial charge >= 0.3 is 0 Å². The number of amides is 1. The van der Waals surface area contributed by atoms with Crippen molar-refractivity contribution < 1.29 is 14.3 Å². The molecule has 1 atom stereocenters. The van der Waals surface area contributed by atoms with E-state index < -0.39 is 0 Å². The van der Waals surface area contributed by atoms with Gasteiger partial charge in [-0.1, -0.05) is 26.0 Å². The Balaban J connectivity index is 1.46. The van der Waals surface area contributed by atoms with Crippen molar-refractivity contribution in [2.24, 2.45) is 0 Å². The largest absolute Gasteiger partial charge is 0.488 e. The van der Waals surface area contributed by atoms with Gasteiger partial charge in [-0.05, 0) is 35.7 Å². The van der Waals surface area contributed by atoms with E-state index in [9.17, 15) is 4.79 Å². The van der Waals surface area contributed by atoms with Gasteiger partial charge in [-0.2, -0.15) is 0 Å². The summed E-state index contributed by atoms with van der Waals surface area (Å²) in [5.41, 5.74) is 1.26. The summed E-state index contributed by atoms with van der Waals surface area (Å²) in [6.07, 6.45) is 4.26. The molecule has 0 radical (unpaired) electrons. The Hall–Kier alpha value is -2.56. The van der Waals surface area contributed by atoms with Gasteiger partial charge in [0.2, 0.25) is 0 Å². The number of hydrogen-bond acceptors (Lipinski definition) is 4. The maximum Gasteiger partial charge on any atom is 0.260 e. The predicted molar refractivity (Wildman–Crippen MR) is 95.9 cm³/mol. The van der Waals surface area contributed by atoms with E-state index in [1.807, 2.05) is 36.4 Å². The lowest BCUT2D eigenvalue weighted by Gasteiger charge is -2.17. The third kappa shape index (κ3) is 4.72. The predicted octanol–water partition coefficient (Wildman–Crippen LogP) is 3.26. The summed E-state index contributed by atoms with van der Waals surface area (Å²) in [6.45, 7) is 5.65. The number of pyridine rings is 1. The molecule has 2 aromatic rings. The average molecular weight is 340 g/mol. The lowest BCUT2D eigenvalue weighted by atomic mass is 10.0. The van der Waals surface area contributed by atoms with Crippen molar-refractivity contribution in [1.82, 2.24) is 9.88 Å². The molecule has 1 aliphatic heterocycles. The molecule has 1 aliphatic rings. The fraction of sp³-hybridized carbons (Fsp3) is 0.400. The number of likely N-dealkylation sites (tertiary alicyclic amines) is 1. The minimum absolute atomic E-state index is 0.00577. The number of nitrogens with zero attached hydrogens (tertiary/aromatic N) is 2. The third-order valence-electron chi connectivity index (χ3n) is 4.36. The normalized spacial score (nSPS) is 16.9. The van der Waals surface area contributed by atoms with E-state index in [0.29, 0.717) is 19.0 Å². The Labute approximate surface area is 148 Å². The number of aromatic nitrogens is 1. The van der Waals surface area contributed by atoms with Crippen LogP contribution in [0.25, 0.3) is 0 Å². The van der Waals surface area contributed by atoms with E-state index in [0.717, 1.165) is 17.9 Å². The monoisotopic (exact) mass is 340 g/mol. The van der Waals surface area contributed by atoms with Crippen LogP contribution in [0, 0.1) is 0 Å². The lowest BCUT2D eigenvalue weighted by Crippen LogP contribution is -2.34. The minimum Gasteiger partial charge on any atom is -0.488 e. The van der Waals surface area contributed by atoms with Gasteiger partial charge in [-0.3, -0.25) is 9.78 Å². The molecule has 5 heteroatoms. The maximum absolute atomic E-state index is 12.3. The number of carbonyl (C=O) groups excluding carboxylic acids is 1. The molecule has 0 saturated carbocycles. The smallest absolute Gasteiger partial charge is 0.260 e. The van der Waals surface area contributed by atoms with E-state index >= 15 is 0 Å². The highest BCUT2D eigenvalue weighted by Gasteiger charge is 2.27. The molecule has 0 aliphatic carbocycles. The Bertz CT molecular complexity index is 686. The average Bonchev–Trinajstić information content (AvgIpc) is 3.09. The van der Waals surface area contributed by atoms with Gasteiger partial charge in [0, 0.05) is 25.4 Å². The zero-order valence-corrected chi connectivity index (χ0v) is 14.7. The summed E-state index contributed by atoms with van der Waals surface area (Å²) < 4.78 is 11.5. The van der Waals surface area contributed by atoms with Crippen LogP contribution in [0.3, 0.4) is 0 Å². The SMILES string of the molecule is CC(C)c1ccc(OCC(=O)N2CC[C@H](Oc3ccncc3)C2)cc1. The van der Waals surface area contributed by atoms with Crippen molar-refractivity contribution in [3.63, 3.8) is 0 Å². The van der Waals surface area contributed by atoms with Crippen LogP contribution in [0.2, 0.25) is 0 Å². The second-order valence-electron chi connectivity index (χ2n) is 6.56. The molecule has 0 N–H and O–H groups in total. The molecule has 0 bridgehead atoms. The molecule has 1 aromatic heterocycles. The number of hydrogen-bond donors (Lipinski definition) is 0. The standard InChI is InChI=1S/C20H24N2O3/c1-15(2)16-3-5-17(6-4-16)24-14-20(23)22-12-9-19(13-22)25-18-7-10-21-11-8-18/h3-8,10-11,15,19H,9,12-14H2,1-2H3/t19-/m0/s1. The number of benzene rings is 1. The lowest BCUT2D eigenvalue weighted by molar-refractivity contribution is -0.132. The quantitative estimate of drug-likeness (QED) is 0.810. The summed E-state index contributed by atoms with van der Waals surface area (Å²) in [6, 6.07) is 11.6. The number of carbonyl (C=O) groups is 1. The highest BCUT2D eigenvalue weighted by Crippen LogP contribution is 2.20. The first-order valence-corrected chi connectivity index (χ1v) is 8.69. The molecule has 5 nitrogen and oxygen atoms in total. The number of rotatable bonds is 6. The molecular formula is C20H24N2O3. The Morgan fingerprint density at radius 2 is 1.88 bits per heavy atom. The van der Waals surface area contributed by atoms with Crippen LogP contribution in [0.1, 0.15) is 31.7 Å². The van der Waals surface area contributed by atoms with Crippen LogP contribution in [0.4, 0.5) is 0 Å². The van der Waals surface area contributed by atoms with Crippen molar-refractivity contribution in [3.05, 3.63) is 54.4 Å². The van der Waals surface area contributed by atoms with Crippen LogP contribution in [-0.4, -0.2) is 41.6 Å². The van der Waals surface area contributed by atoms with E-state index in [4.69, 9.17) is 9.47 Å². The first kappa shape index (κ1) is 17.3. The van der Waals surface area contributed by atoms with Crippen LogP contribution >= 0.6 is 0 Å². The fourth-order valence-corrected chi connectivity index (χ4v) is 2.85. The topological polar surface area (TPSA) is 51.7 Å².